The lowest BCUT2D eigenvalue weighted by Crippen LogP contribution is -1.86. The summed E-state index contributed by atoms with van der Waals surface area (Å²) in [7, 11) is 0. The Kier molecular flexibility index (Phi) is 3.13. The number of aromatic amines is 1. The third-order valence-electron chi connectivity index (χ3n) is 2.24. The van der Waals surface area contributed by atoms with Gasteiger partial charge in [-0.1, -0.05) is 32.6 Å². The summed E-state index contributed by atoms with van der Waals surface area (Å²) in [6.45, 7) is 10.2. The highest BCUT2D eigenvalue weighted by Gasteiger charge is 2.06. The summed E-state index contributed by atoms with van der Waals surface area (Å²) in [6, 6.07) is 0. The highest BCUT2D eigenvalue weighted by molar-refractivity contribution is 5.53. The quantitative estimate of drug-likeness (QED) is 0.675. The van der Waals surface area contributed by atoms with Crippen molar-refractivity contribution in [3.63, 3.8) is 0 Å². The summed E-state index contributed by atoms with van der Waals surface area (Å²) in [5, 5.41) is 0. The van der Waals surface area contributed by atoms with E-state index in [9.17, 15) is 0 Å². The molecule has 0 aromatic carbocycles. The predicted molar refractivity (Wildman–Crippen MR) is 58.8 cm³/mol. The van der Waals surface area contributed by atoms with Crippen molar-refractivity contribution in [1.29, 1.82) is 0 Å². The second kappa shape index (κ2) is 4.13. The molecule has 0 aliphatic carbocycles. The van der Waals surface area contributed by atoms with Gasteiger partial charge in [-0.15, -0.1) is 0 Å². The summed E-state index contributed by atoms with van der Waals surface area (Å²) in [4.78, 5) is 3.26. The first-order valence-corrected chi connectivity index (χ1v) is 4.63. The monoisotopic (exact) mass is 175 g/mol. The molecule has 1 aromatic rings. The van der Waals surface area contributed by atoms with Gasteiger partial charge >= 0.3 is 0 Å². The van der Waals surface area contributed by atoms with Crippen LogP contribution < -0.4 is 0 Å². The van der Waals surface area contributed by atoms with Crippen LogP contribution in [0.2, 0.25) is 0 Å². The zero-order chi connectivity index (χ0) is 9.84. The Morgan fingerprint density at radius 2 is 2.15 bits per heavy atom. The number of hydrogen-bond donors (Lipinski definition) is 1. The van der Waals surface area contributed by atoms with Gasteiger partial charge in [-0.05, 0) is 30.0 Å². The third-order valence-corrected chi connectivity index (χ3v) is 2.24. The number of H-pyrrole nitrogens is 1. The first-order chi connectivity index (χ1) is 6.16. The van der Waals surface area contributed by atoms with Crippen molar-refractivity contribution in [1.82, 2.24) is 4.98 Å². The van der Waals surface area contributed by atoms with E-state index in [4.69, 9.17) is 0 Å². The molecule has 0 saturated heterocycles. The molecule has 13 heavy (non-hydrogen) atoms. The van der Waals surface area contributed by atoms with Crippen molar-refractivity contribution >= 4 is 6.08 Å². The standard InChI is InChI=1S/C12H17N/c1-5-6-7-12-10(4)11(8-13-12)9(2)3/h5-9,13H,1H2,2-4H3/b7-6-. The van der Waals surface area contributed by atoms with Gasteiger partial charge in [-0.3, -0.25) is 0 Å². The molecule has 1 nitrogen and oxygen atoms in total. The van der Waals surface area contributed by atoms with Gasteiger partial charge in [0.05, 0.1) is 0 Å². The SMILES string of the molecule is C=C/C=C\c1[nH]cc(C(C)C)c1C. The Bertz CT molecular complexity index is 316. The van der Waals surface area contributed by atoms with Gasteiger partial charge in [0, 0.05) is 11.9 Å². The zero-order valence-electron chi connectivity index (χ0n) is 8.59. The van der Waals surface area contributed by atoms with Crippen molar-refractivity contribution in [2.24, 2.45) is 0 Å². The van der Waals surface area contributed by atoms with Crippen molar-refractivity contribution < 1.29 is 0 Å². The smallest absolute Gasteiger partial charge is 0.0412 e. The minimum atomic E-state index is 0.585. The lowest BCUT2D eigenvalue weighted by molar-refractivity contribution is 0.860. The summed E-state index contributed by atoms with van der Waals surface area (Å²) in [5.41, 5.74) is 3.92. The average Bonchev–Trinajstić information content (AvgIpc) is 2.43. The van der Waals surface area contributed by atoms with Crippen LogP contribution in [0.4, 0.5) is 0 Å². The summed E-state index contributed by atoms with van der Waals surface area (Å²) in [6.07, 6.45) is 7.87. The van der Waals surface area contributed by atoms with Crippen LogP contribution in [-0.4, -0.2) is 4.98 Å². The van der Waals surface area contributed by atoms with Gasteiger partial charge in [-0.2, -0.15) is 0 Å². The normalized spacial score (nSPS) is 11.4. The second-order valence-electron chi connectivity index (χ2n) is 3.53. The molecule has 0 fully saturated rings. The molecule has 1 N–H and O–H groups in total. The molecule has 0 radical (unpaired) electrons. The van der Waals surface area contributed by atoms with Crippen LogP contribution in [0.3, 0.4) is 0 Å². The van der Waals surface area contributed by atoms with Gasteiger partial charge in [0.15, 0.2) is 0 Å². The van der Waals surface area contributed by atoms with Crippen LogP contribution in [0.1, 0.15) is 36.6 Å². The molecule has 0 spiro atoms. The van der Waals surface area contributed by atoms with E-state index in [2.05, 4.69) is 38.5 Å². The molecule has 0 saturated carbocycles. The van der Waals surface area contributed by atoms with Gasteiger partial charge in [0.2, 0.25) is 0 Å². The fourth-order valence-electron chi connectivity index (χ4n) is 1.46. The molecule has 0 aliphatic rings. The molecular weight excluding hydrogens is 158 g/mol. The van der Waals surface area contributed by atoms with Gasteiger partial charge in [0.25, 0.3) is 0 Å². The summed E-state index contributed by atoms with van der Waals surface area (Å²) in [5.74, 6) is 0.585. The molecule has 1 rings (SSSR count). The molecule has 0 aliphatic heterocycles. The number of aromatic nitrogens is 1. The van der Waals surface area contributed by atoms with E-state index in [1.165, 1.54) is 16.8 Å². The fraction of sp³-hybridized carbons (Fsp3) is 0.333. The lowest BCUT2D eigenvalue weighted by atomic mass is 10.0. The van der Waals surface area contributed by atoms with E-state index in [0.717, 1.165) is 0 Å². The van der Waals surface area contributed by atoms with Crippen LogP contribution in [0.25, 0.3) is 6.08 Å². The van der Waals surface area contributed by atoms with Crippen LogP contribution in [0.15, 0.2) is 24.9 Å². The Hall–Kier alpha value is -1.24. The maximum atomic E-state index is 3.65. The summed E-state index contributed by atoms with van der Waals surface area (Å²) < 4.78 is 0. The zero-order valence-corrected chi connectivity index (χ0v) is 8.59. The number of rotatable bonds is 3. The van der Waals surface area contributed by atoms with Crippen molar-refractivity contribution in [3.8, 4) is 0 Å². The van der Waals surface area contributed by atoms with E-state index < -0.39 is 0 Å². The van der Waals surface area contributed by atoms with Crippen molar-refractivity contribution in [2.75, 3.05) is 0 Å². The lowest BCUT2D eigenvalue weighted by Gasteiger charge is -2.02. The minimum Gasteiger partial charge on any atom is -0.361 e. The van der Waals surface area contributed by atoms with Gasteiger partial charge in [-0.25, -0.2) is 0 Å². The van der Waals surface area contributed by atoms with Crippen LogP contribution in [-0.2, 0) is 0 Å². The van der Waals surface area contributed by atoms with Crippen LogP contribution in [0.5, 0.6) is 0 Å². The molecule has 1 aromatic heterocycles. The Labute approximate surface area is 80.2 Å². The number of allylic oxidation sites excluding steroid dienone is 2. The molecule has 1 heterocycles. The van der Waals surface area contributed by atoms with Crippen molar-refractivity contribution in [3.05, 3.63) is 41.7 Å². The summed E-state index contributed by atoms with van der Waals surface area (Å²) >= 11 is 0. The van der Waals surface area contributed by atoms with Gasteiger partial charge < -0.3 is 4.98 Å². The fourth-order valence-corrected chi connectivity index (χ4v) is 1.46. The molecule has 0 unspecified atom stereocenters. The van der Waals surface area contributed by atoms with Gasteiger partial charge in [0.1, 0.15) is 0 Å². The van der Waals surface area contributed by atoms with E-state index in [1.807, 2.05) is 12.2 Å². The first-order valence-electron chi connectivity index (χ1n) is 4.63. The van der Waals surface area contributed by atoms with E-state index in [1.54, 1.807) is 6.08 Å². The molecule has 0 amide bonds. The highest BCUT2D eigenvalue weighted by Crippen LogP contribution is 2.22. The Morgan fingerprint density at radius 3 is 2.62 bits per heavy atom. The molecule has 70 valence electrons. The average molecular weight is 175 g/mol. The topological polar surface area (TPSA) is 15.8 Å². The largest absolute Gasteiger partial charge is 0.361 e. The molecule has 1 heteroatoms. The molecule has 0 bridgehead atoms. The van der Waals surface area contributed by atoms with E-state index >= 15 is 0 Å². The number of hydrogen-bond acceptors (Lipinski definition) is 0. The highest BCUT2D eigenvalue weighted by atomic mass is 14.7. The van der Waals surface area contributed by atoms with Crippen molar-refractivity contribution in [2.45, 2.75) is 26.7 Å². The predicted octanol–water partition coefficient (Wildman–Crippen LogP) is 3.65. The van der Waals surface area contributed by atoms with E-state index in [-0.39, 0.29) is 0 Å². The molecule has 0 atom stereocenters. The van der Waals surface area contributed by atoms with Crippen LogP contribution in [0, 0.1) is 6.92 Å². The molecular formula is C12H17N. The maximum Gasteiger partial charge on any atom is 0.0412 e. The first kappa shape index (κ1) is 9.85. The maximum absolute atomic E-state index is 3.65. The Balaban J connectivity index is 2.99. The minimum absolute atomic E-state index is 0.585. The Morgan fingerprint density at radius 1 is 1.46 bits per heavy atom. The van der Waals surface area contributed by atoms with E-state index in [0.29, 0.717) is 5.92 Å². The van der Waals surface area contributed by atoms with Crippen LogP contribution >= 0.6 is 0 Å². The second-order valence-corrected chi connectivity index (χ2v) is 3.53. The number of nitrogens with one attached hydrogen (secondary N) is 1. The third kappa shape index (κ3) is 2.11.